The normalized spacial score (nSPS) is 25.1. The van der Waals surface area contributed by atoms with Crippen LogP contribution in [0.1, 0.15) is 48.9 Å². The van der Waals surface area contributed by atoms with Gasteiger partial charge in [-0.2, -0.15) is 0 Å². The quantitative estimate of drug-likeness (QED) is 0.753. The lowest BCUT2D eigenvalue weighted by molar-refractivity contribution is -0.128. The molecule has 1 aromatic carbocycles. The third-order valence-corrected chi connectivity index (χ3v) is 6.06. The van der Waals surface area contributed by atoms with E-state index in [-0.39, 0.29) is 23.4 Å². The number of hydrogen-bond acceptors (Lipinski definition) is 3. The Morgan fingerprint density at radius 2 is 2.04 bits per heavy atom. The van der Waals surface area contributed by atoms with E-state index in [0.717, 1.165) is 32.1 Å². The molecule has 27 heavy (non-hydrogen) atoms. The Bertz CT molecular complexity index is 854. The first kappa shape index (κ1) is 17.8. The van der Waals surface area contributed by atoms with E-state index in [1.165, 1.54) is 12.1 Å². The molecule has 5 heteroatoms. The number of pyridine rings is 1. The average Bonchev–Trinajstić information content (AvgIpc) is 2.98. The molecule has 4 rings (SSSR count). The zero-order valence-corrected chi connectivity index (χ0v) is 15.2. The van der Waals surface area contributed by atoms with Crippen LogP contribution < -0.4 is 4.90 Å². The van der Waals surface area contributed by atoms with Crippen molar-refractivity contribution in [3.63, 3.8) is 0 Å². The lowest BCUT2D eigenvalue weighted by atomic mass is 9.67. The minimum absolute atomic E-state index is 0.0918. The Morgan fingerprint density at radius 3 is 2.81 bits per heavy atom. The van der Waals surface area contributed by atoms with Gasteiger partial charge in [0.1, 0.15) is 5.82 Å². The van der Waals surface area contributed by atoms with E-state index in [4.69, 9.17) is 0 Å². The molecule has 2 atom stereocenters. The number of anilines is 1. The van der Waals surface area contributed by atoms with Crippen LogP contribution in [0.5, 0.6) is 0 Å². The largest absolute Gasteiger partial charge is 0.312 e. The third kappa shape index (κ3) is 3.51. The summed E-state index contributed by atoms with van der Waals surface area (Å²) in [5.41, 5.74) is 0.920. The molecule has 0 N–H and O–H groups in total. The molecular formula is C22H23FN2O2. The second-order valence-electron chi connectivity index (χ2n) is 7.79. The number of Topliss-reactive ketones (excluding diaryl/α,β-unsaturated/α-hetero) is 1. The summed E-state index contributed by atoms with van der Waals surface area (Å²) < 4.78 is 13.6. The van der Waals surface area contributed by atoms with Crippen molar-refractivity contribution >= 4 is 17.4 Å². The number of nitrogens with zero attached hydrogens (tertiary/aromatic N) is 2. The molecule has 4 nitrogen and oxygen atoms in total. The van der Waals surface area contributed by atoms with Gasteiger partial charge in [-0.1, -0.05) is 12.5 Å². The molecule has 2 fully saturated rings. The molecular weight excluding hydrogens is 343 g/mol. The van der Waals surface area contributed by atoms with Crippen molar-refractivity contribution in [3.05, 3.63) is 60.2 Å². The highest BCUT2D eigenvalue weighted by atomic mass is 19.1. The number of halogens is 1. The predicted octanol–water partition coefficient (Wildman–Crippen LogP) is 4.41. The first-order valence-corrected chi connectivity index (χ1v) is 9.58. The highest BCUT2D eigenvalue weighted by Crippen LogP contribution is 2.48. The SMILES string of the molecule is O=C(C[C@H]1CCC[C@]2(CCN(c3cccc(F)c3)C2=O)C1)c1ccncc1. The second kappa shape index (κ2) is 7.22. The Morgan fingerprint density at radius 1 is 1.22 bits per heavy atom. The number of ketones is 1. The van der Waals surface area contributed by atoms with E-state index in [1.54, 1.807) is 41.6 Å². The van der Waals surface area contributed by atoms with E-state index in [0.29, 0.717) is 24.2 Å². The molecule has 1 spiro atoms. The molecule has 1 saturated heterocycles. The van der Waals surface area contributed by atoms with Gasteiger partial charge in [-0.25, -0.2) is 4.39 Å². The van der Waals surface area contributed by atoms with Gasteiger partial charge >= 0.3 is 0 Å². The van der Waals surface area contributed by atoms with Crippen molar-refractivity contribution in [1.82, 2.24) is 4.98 Å². The summed E-state index contributed by atoms with van der Waals surface area (Å²) in [6.45, 7) is 0.618. The van der Waals surface area contributed by atoms with E-state index in [9.17, 15) is 14.0 Å². The van der Waals surface area contributed by atoms with Crippen molar-refractivity contribution in [3.8, 4) is 0 Å². The van der Waals surface area contributed by atoms with Crippen molar-refractivity contribution in [2.45, 2.75) is 38.5 Å². The number of amides is 1. The van der Waals surface area contributed by atoms with Gasteiger partial charge in [-0.05, 0) is 61.9 Å². The van der Waals surface area contributed by atoms with E-state index in [2.05, 4.69) is 4.98 Å². The van der Waals surface area contributed by atoms with E-state index < -0.39 is 5.41 Å². The van der Waals surface area contributed by atoms with Crippen LogP contribution in [-0.2, 0) is 4.79 Å². The van der Waals surface area contributed by atoms with Crippen LogP contribution in [0.3, 0.4) is 0 Å². The fourth-order valence-electron chi connectivity index (χ4n) is 4.71. The van der Waals surface area contributed by atoms with Gasteiger partial charge in [-0.3, -0.25) is 14.6 Å². The van der Waals surface area contributed by atoms with Crippen molar-refractivity contribution in [2.24, 2.45) is 11.3 Å². The number of carbonyl (C=O) groups excluding carboxylic acids is 2. The highest BCUT2D eigenvalue weighted by Gasteiger charge is 2.49. The maximum Gasteiger partial charge on any atom is 0.233 e. The molecule has 1 aromatic heterocycles. The number of aromatic nitrogens is 1. The van der Waals surface area contributed by atoms with Crippen LogP contribution in [0.25, 0.3) is 0 Å². The summed E-state index contributed by atoms with van der Waals surface area (Å²) >= 11 is 0. The van der Waals surface area contributed by atoms with Gasteiger partial charge in [0, 0.05) is 36.6 Å². The van der Waals surface area contributed by atoms with Crippen LogP contribution in [0.15, 0.2) is 48.8 Å². The second-order valence-corrected chi connectivity index (χ2v) is 7.79. The van der Waals surface area contributed by atoms with Gasteiger partial charge in [0.25, 0.3) is 0 Å². The van der Waals surface area contributed by atoms with Gasteiger partial charge in [0.05, 0.1) is 5.41 Å². The Labute approximate surface area is 158 Å². The first-order valence-electron chi connectivity index (χ1n) is 9.58. The maximum absolute atomic E-state index is 13.6. The zero-order chi connectivity index (χ0) is 18.9. The monoisotopic (exact) mass is 366 g/mol. The Balaban J connectivity index is 1.47. The minimum Gasteiger partial charge on any atom is -0.312 e. The third-order valence-electron chi connectivity index (χ3n) is 6.06. The van der Waals surface area contributed by atoms with Crippen LogP contribution >= 0.6 is 0 Å². The molecule has 0 radical (unpaired) electrons. The summed E-state index contributed by atoms with van der Waals surface area (Å²) in [7, 11) is 0. The first-order chi connectivity index (χ1) is 13.1. The molecule has 1 aliphatic heterocycles. The summed E-state index contributed by atoms with van der Waals surface area (Å²) in [5.74, 6) is 0.0996. The fraction of sp³-hybridized carbons (Fsp3) is 0.409. The van der Waals surface area contributed by atoms with Crippen LogP contribution in [0.4, 0.5) is 10.1 Å². The molecule has 1 aliphatic carbocycles. The topological polar surface area (TPSA) is 50.3 Å². The summed E-state index contributed by atoms with van der Waals surface area (Å²) in [6, 6.07) is 9.72. The fourth-order valence-corrected chi connectivity index (χ4v) is 4.71. The smallest absolute Gasteiger partial charge is 0.233 e. The Kier molecular flexibility index (Phi) is 4.77. The lowest BCUT2D eigenvalue weighted by Gasteiger charge is -2.36. The number of hydrogen-bond donors (Lipinski definition) is 0. The van der Waals surface area contributed by atoms with Crippen LogP contribution in [0.2, 0.25) is 0 Å². The minimum atomic E-state index is -0.395. The molecule has 2 heterocycles. The summed E-state index contributed by atoms with van der Waals surface area (Å²) in [4.78, 5) is 31.4. The van der Waals surface area contributed by atoms with Crippen molar-refractivity contribution in [2.75, 3.05) is 11.4 Å². The van der Waals surface area contributed by atoms with Gasteiger partial charge in [-0.15, -0.1) is 0 Å². The molecule has 2 aliphatic rings. The van der Waals surface area contributed by atoms with Gasteiger partial charge in [0.2, 0.25) is 5.91 Å². The number of rotatable bonds is 4. The van der Waals surface area contributed by atoms with Crippen LogP contribution in [-0.4, -0.2) is 23.2 Å². The van der Waals surface area contributed by atoms with Crippen LogP contribution in [0, 0.1) is 17.2 Å². The van der Waals surface area contributed by atoms with Gasteiger partial charge < -0.3 is 4.90 Å². The summed E-state index contributed by atoms with van der Waals surface area (Å²) in [6.07, 6.45) is 8.05. The van der Waals surface area contributed by atoms with Gasteiger partial charge in [0.15, 0.2) is 5.78 Å². The standard InChI is InChI=1S/C22H23FN2O2/c23-18-4-1-5-19(14-18)25-12-9-22(21(25)27)8-2-3-16(15-22)13-20(26)17-6-10-24-11-7-17/h1,4-7,10-11,14,16H,2-3,8-9,12-13,15H2/t16-,22+/m1/s1. The summed E-state index contributed by atoms with van der Waals surface area (Å²) in [5, 5.41) is 0. The molecule has 140 valence electrons. The molecule has 0 bridgehead atoms. The predicted molar refractivity (Wildman–Crippen MR) is 101 cm³/mol. The molecule has 1 amide bonds. The molecule has 1 saturated carbocycles. The molecule has 0 unspecified atom stereocenters. The highest BCUT2D eigenvalue weighted by molar-refractivity contribution is 6.00. The Hall–Kier alpha value is -2.56. The molecule has 2 aromatic rings. The van der Waals surface area contributed by atoms with Crippen molar-refractivity contribution < 1.29 is 14.0 Å². The van der Waals surface area contributed by atoms with Crippen molar-refractivity contribution in [1.29, 1.82) is 0 Å². The number of benzene rings is 1. The van der Waals surface area contributed by atoms with E-state index >= 15 is 0 Å². The lowest BCUT2D eigenvalue weighted by Crippen LogP contribution is -2.38. The van der Waals surface area contributed by atoms with E-state index in [1.807, 2.05) is 0 Å². The zero-order valence-electron chi connectivity index (χ0n) is 15.2. The average molecular weight is 366 g/mol. The number of carbonyl (C=O) groups is 2. The maximum atomic E-state index is 13.6.